The van der Waals surface area contributed by atoms with Gasteiger partial charge in [0, 0.05) is 5.56 Å². The minimum absolute atomic E-state index is 0.0877. The van der Waals surface area contributed by atoms with E-state index in [9.17, 15) is 4.79 Å². The van der Waals surface area contributed by atoms with Gasteiger partial charge < -0.3 is 0 Å². The molecule has 0 aliphatic carbocycles. The number of hydrogen-bond donors (Lipinski definition) is 0. The number of hydrogen-bond acceptors (Lipinski definition) is 2. The number of halogens is 1. The zero-order valence-electron chi connectivity index (χ0n) is 11.9. The molecule has 0 saturated heterocycles. The van der Waals surface area contributed by atoms with Gasteiger partial charge in [-0.05, 0) is 42.8 Å². The van der Waals surface area contributed by atoms with Gasteiger partial charge in [-0.1, -0.05) is 59.0 Å². The van der Waals surface area contributed by atoms with Crippen LogP contribution in [0.15, 0.2) is 18.2 Å². The summed E-state index contributed by atoms with van der Waals surface area (Å²) < 4.78 is 4.56. The van der Waals surface area contributed by atoms with Crippen LogP contribution in [0.5, 0.6) is 0 Å². The molecule has 0 saturated carbocycles. The second kappa shape index (κ2) is 8.78. The zero-order chi connectivity index (χ0) is 14.2. The fraction of sp³-hybridized carbons (Fsp3) is 0.412. The zero-order valence-corrected chi connectivity index (χ0v) is 14.9. The number of unbranched alkanes of at least 4 members (excludes halogenated alkanes) is 3. The normalized spacial score (nSPS) is 12.8. The van der Waals surface area contributed by atoms with Crippen LogP contribution in [0, 0.1) is 0 Å². The lowest BCUT2D eigenvalue weighted by atomic mass is 10.1. The van der Waals surface area contributed by atoms with E-state index in [2.05, 4.69) is 27.2 Å². The number of rotatable bonds is 8. The fourth-order valence-corrected chi connectivity index (χ4v) is 4.74. The molecule has 1 aliphatic rings. The van der Waals surface area contributed by atoms with Crippen molar-refractivity contribution in [1.29, 1.82) is 0 Å². The third-order valence-electron chi connectivity index (χ3n) is 3.28. The molecule has 0 unspecified atom stereocenters. The van der Waals surface area contributed by atoms with Crippen molar-refractivity contribution in [2.75, 3.05) is 11.5 Å². The molecule has 20 heavy (non-hydrogen) atoms. The summed E-state index contributed by atoms with van der Waals surface area (Å²) in [5.41, 5.74) is 0.864. The molecule has 1 nitrogen and oxygen atoms in total. The minimum Gasteiger partial charge on any atom is -0.293 e. The molecule has 0 amide bonds. The molecular formula is C17H21IOS. The fourth-order valence-electron chi connectivity index (χ4n) is 2.08. The molecule has 0 radical (unpaired) electrons. The van der Waals surface area contributed by atoms with Crippen molar-refractivity contribution in [3.05, 3.63) is 34.2 Å². The first-order valence-corrected chi connectivity index (χ1v) is 10.8. The van der Waals surface area contributed by atoms with Crippen molar-refractivity contribution < 1.29 is 4.79 Å². The molecule has 1 aromatic carbocycles. The number of fused-ring (bicyclic) bond motifs is 1. The molecular weight excluding hydrogens is 379 g/mol. The number of carbonyl (C=O) groups is 1. The van der Waals surface area contributed by atoms with Gasteiger partial charge in [0.15, 0.2) is 5.78 Å². The van der Waals surface area contributed by atoms with Crippen LogP contribution < -0.4 is 10.4 Å². The molecule has 0 fully saturated rings. The van der Waals surface area contributed by atoms with Crippen LogP contribution in [0.3, 0.4) is 0 Å². The predicted molar refractivity (Wildman–Crippen MR) is 101 cm³/mol. The van der Waals surface area contributed by atoms with E-state index in [0.29, 0.717) is 5.75 Å². The highest BCUT2D eigenvalue weighted by Gasteiger charge is 2.06. The van der Waals surface area contributed by atoms with Crippen LogP contribution >= 0.6 is 32.5 Å². The lowest BCUT2D eigenvalue weighted by Crippen LogP contribution is -2.26. The second-order valence-corrected chi connectivity index (χ2v) is 8.07. The lowest BCUT2D eigenvalue weighted by Gasteiger charge is -2.03. The van der Waals surface area contributed by atoms with E-state index in [1.54, 1.807) is 11.8 Å². The average molecular weight is 400 g/mol. The maximum absolute atomic E-state index is 12.2. The van der Waals surface area contributed by atoms with Crippen molar-refractivity contribution in [3.63, 3.8) is 0 Å². The Morgan fingerprint density at radius 2 is 2.10 bits per heavy atom. The molecule has 108 valence electrons. The number of ketones is 1. The summed E-state index contributed by atoms with van der Waals surface area (Å²) in [4.78, 5) is 12.2. The number of carbonyl (C=O) groups excluding carboxylic acids is 1. The Morgan fingerprint density at radius 1 is 1.20 bits per heavy atom. The Balaban J connectivity index is 1.85. The van der Waals surface area contributed by atoms with Crippen molar-refractivity contribution in [1.82, 2.24) is 0 Å². The summed E-state index contributed by atoms with van der Waals surface area (Å²) >= 11 is 1.86. The van der Waals surface area contributed by atoms with Crippen molar-refractivity contribution in [2.45, 2.75) is 32.6 Å². The summed E-state index contributed by atoms with van der Waals surface area (Å²) in [5, 5.41) is 2.50. The second-order valence-electron chi connectivity index (χ2n) is 4.91. The smallest absolute Gasteiger partial charge is 0.172 e. The molecule has 0 atom stereocenters. The van der Waals surface area contributed by atoms with Gasteiger partial charge in [-0.15, -0.1) is 0 Å². The molecule has 1 aromatic rings. The van der Waals surface area contributed by atoms with E-state index in [0.717, 1.165) is 11.3 Å². The molecule has 2 rings (SSSR count). The number of benzene rings is 1. The Morgan fingerprint density at radius 3 is 2.95 bits per heavy atom. The van der Waals surface area contributed by atoms with E-state index >= 15 is 0 Å². The van der Waals surface area contributed by atoms with Crippen LogP contribution in [0.1, 0.15) is 43.0 Å². The summed E-state index contributed by atoms with van der Waals surface area (Å²) in [6, 6.07) is 6.13. The third-order valence-corrected chi connectivity index (χ3v) is 6.13. The third kappa shape index (κ3) is 4.85. The topological polar surface area (TPSA) is 17.1 Å². The van der Waals surface area contributed by atoms with Crippen LogP contribution in [-0.4, -0.2) is 21.3 Å². The molecule has 3 heteroatoms. The number of thioether (sulfide) groups is 1. The largest absolute Gasteiger partial charge is 0.293 e. The van der Waals surface area contributed by atoms with E-state index in [-0.39, 0.29) is 26.5 Å². The monoisotopic (exact) mass is 400 g/mol. The van der Waals surface area contributed by atoms with Gasteiger partial charge in [0.25, 0.3) is 0 Å². The minimum atomic E-state index is 0.0877. The Bertz CT molecular complexity index is 604. The van der Waals surface area contributed by atoms with Crippen molar-refractivity contribution in [2.24, 2.45) is 0 Å². The van der Waals surface area contributed by atoms with Crippen LogP contribution in [0.25, 0.3) is 10.2 Å². The van der Waals surface area contributed by atoms with Crippen LogP contribution in [0.4, 0.5) is 0 Å². The van der Waals surface area contributed by atoms with Gasteiger partial charge in [-0.25, -0.2) is 0 Å². The first-order chi connectivity index (χ1) is 9.81. The van der Waals surface area contributed by atoms with E-state index in [1.165, 1.54) is 36.1 Å². The van der Waals surface area contributed by atoms with Crippen molar-refractivity contribution in [3.8, 4) is 0 Å². The highest BCUT2D eigenvalue weighted by Crippen LogP contribution is 2.10. The maximum Gasteiger partial charge on any atom is 0.172 e. The lowest BCUT2D eigenvalue weighted by molar-refractivity contribution is 0.102. The summed E-state index contributed by atoms with van der Waals surface area (Å²) in [6.45, 7) is 2.22. The van der Waals surface area contributed by atoms with Gasteiger partial charge in [-0.3, -0.25) is 4.79 Å². The molecule has 1 aliphatic heterocycles. The van der Waals surface area contributed by atoms with E-state index in [1.807, 2.05) is 12.1 Å². The van der Waals surface area contributed by atoms with E-state index < -0.39 is 0 Å². The number of Topliss-reactive ketones (excluding diaryl/α,β-unsaturated/α-hetero) is 1. The Hall–Kier alpha value is -0.420. The highest BCUT2D eigenvalue weighted by molar-refractivity contribution is 14.2. The van der Waals surface area contributed by atoms with Gasteiger partial charge in [0.05, 0.1) is 5.75 Å². The Kier molecular flexibility index (Phi) is 7.00. The summed E-state index contributed by atoms with van der Waals surface area (Å²) in [5.74, 6) is 1.99. The van der Waals surface area contributed by atoms with Crippen molar-refractivity contribution >= 4 is 52.4 Å². The average Bonchev–Trinajstić information content (AvgIpc) is 2.50. The van der Waals surface area contributed by atoms with Crippen LogP contribution in [-0.2, 0) is 0 Å². The summed E-state index contributed by atoms with van der Waals surface area (Å²) in [6.07, 6.45) is 7.27. The maximum atomic E-state index is 12.2. The van der Waals surface area contributed by atoms with Gasteiger partial charge in [-0.2, -0.15) is 11.8 Å². The molecule has 0 bridgehead atoms. The van der Waals surface area contributed by atoms with Gasteiger partial charge in [0.2, 0.25) is 0 Å². The predicted octanol–water partition coefficient (Wildman–Crippen LogP) is 3.49. The molecule has 1 heterocycles. The molecule has 0 aromatic heterocycles. The summed E-state index contributed by atoms with van der Waals surface area (Å²) in [7, 11) is 0. The highest BCUT2D eigenvalue weighted by atomic mass is 127. The van der Waals surface area contributed by atoms with Gasteiger partial charge >= 0.3 is 0 Å². The standard InChI is InChI=1S/C17H21IOS/c1-2-3-4-5-10-20-13-17(19)15-6-7-16-12-18-9-8-14(16)11-15/h6-9,11-12H,2-5,10,13H2,1H3. The first kappa shape index (κ1) is 16.0. The first-order valence-electron chi connectivity index (χ1n) is 7.18. The van der Waals surface area contributed by atoms with Gasteiger partial charge in [0.1, 0.15) is 0 Å². The molecule has 0 N–H and O–H groups in total. The van der Waals surface area contributed by atoms with E-state index in [4.69, 9.17) is 0 Å². The Labute approximate surface area is 135 Å². The van der Waals surface area contributed by atoms with Crippen LogP contribution in [0.2, 0.25) is 0 Å². The molecule has 0 spiro atoms. The SMILES string of the molecule is CCCCCCSCC(=O)c1ccc2c(c1)=CC=IC=2. The quantitative estimate of drug-likeness (QED) is 0.378.